The summed E-state index contributed by atoms with van der Waals surface area (Å²) in [5, 5.41) is 21.2. The first kappa shape index (κ1) is 20.6. The Labute approximate surface area is 173 Å². The molecule has 1 N–H and O–H groups in total. The maximum absolute atomic E-state index is 11.8. The topological polar surface area (TPSA) is 99.3 Å². The van der Waals surface area contributed by atoms with Gasteiger partial charge in [-0.3, -0.25) is 19.9 Å². The summed E-state index contributed by atoms with van der Waals surface area (Å²) in [6.07, 6.45) is 1.87. The second-order valence-corrected chi connectivity index (χ2v) is 7.05. The number of piperazine rings is 1. The number of nitro groups is 1. The lowest BCUT2D eigenvalue weighted by Crippen LogP contribution is -2.48. The summed E-state index contributed by atoms with van der Waals surface area (Å²) in [7, 11) is 0. The minimum Gasteiger partial charge on any atom is -0.502 e. The lowest BCUT2D eigenvalue weighted by molar-refractivity contribution is -0.385. The molecular formula is C20H21ClN4O4. The van der Waals surface area contributed by atoms with Crippen molar-refractivity contribution in [2.45, 2.75) is 13.3 Å². The molecule has 0 atom stereocenters. The number of nitrogens with zero attached hydrogens (tertiary/aromatic N) is 4. The SMILES string of the molecule is CCC(=O)N1CCN(c2ccc(N=Cc3cc(Cl)cc([N+](=O)[O-])c3O)cc2)CC1. The van der Waals surface area contributed by atoms with Crippen molar-refractivity contribution < 1.29 is 14.8 Å². The van der Waals surface area contributed by atoms with E-state index < -0.39 is 16.4 Å². The molecule has 0 radical (unpaired) electrons. The monoisotopic (exact) mass is 416 g/mol. The van der Waals surface area contributed by atoms with Crippen LogP contribution < -0.4 is 4.90 Å². The van der Waals surface area contributed by atoms with Crippen molar-refractivity contribution in [2.75, 3.05) is 31.1 Å². The van der Waals surface area contributed by atoms with Crippen molar-refractivity contribution in [2.24, 2.45) is 4.99 Å². The van der Waals surface area contributed by atoms with E-state index in [1.165, 1.54) is 12.3 Å². The van der Waals surface area contributed by atoms with Crippen LogP contribution in [0.25, 0.3) is 0 Å². The molecule has 8 nitrogen and oxygen atoms in total. The zero-order chi connectivity index (χ0) is 21.0. The lowest BCUT2D eigenvalue weighted by Gasteiger charge is -2.36. The molecule has 29 heavy (non-hydrogen) atoms. The van der Waals surface area contributed by atoms with Gasteiger partial charge in [0, 0.05) is 61.2 Å². The fourth-order valence-corrected chi connectivity index (χ4v) is 3.40. The molecule has 1 fully saturated rings. The molecule has 1 aliphatic rings. The number of phenolic OH excluding ortho intramolecular Hbond substituents is 1. The molecule has 152 valence electrons. The van der Waals surface area contributed by atoms with Crippen LogP contribution in [0, 0.1) is 10.1 Å². The van der Waals surface area contributed by atoms with Gasteiger partial charge in [-0.1, -0.05) is 18.5 Å². The van der Waals surface area contributed by atoms with Gasteiger partial charge >= 0.3 is 5.69 Å². The molecule has 0 unspecified atom stereocenters. The van der Waals surface area contributed by atoms with Crippen LogP contribution >= 0.6 is 11.6 Å². The van der Waals surface area contributed by atoms with Crippen molar-refractivity contribution in [3.05, 3.63) is 57.1 Å². The predicted molar refractivity (Wildman–Crippen MR) is 113 cm³/mol. The summed E-state index contributed by atoms with van der Waals surface area (Å²) in [5.74, 6) is -0.293. The highest BCUT2D eigenvalue weighted by molar-refractivity contribution is 6.31. The predicted octanol–water partition coefficient (Wildman–Crippen LogP) is 3.76. The highest BCUT2D eigenvalue weighted by atomic mass is 35.5. The summed E-state index contributed by atoms with van der Waals surface area (Å²) < 4.78 is 0. The number of benzene rings is 2. The summed E-state index contributed by atoms with van der Waals surface area (Å²) in [5.41, 5.74) is 1.38. The van der Waals surface area contributed by atoms with Crippen molar-refractivity contribution in [3.63, 3.8) is 0 Å². The third-order valence-electron chi connectivity index (χ3n) is 4.78. The molecule has 1 amide bonds. The van der Waals surface area contributed by atoms with E-state index in [-0.39, 0.29) is 16.5 Å². The Bertz CT molecular complexity index is 938. The van der Waals surface area contributed by atoms with Gasteiger partial charge in [0.05, 0.1) is 10.6 Å². The Morgan fingerprint density at radius 2 is 1.90 bits per heavy atom. The number of hydrogen-bond acceptors (Lipinski definition) is 6. The van der Waals surface area contributed by atoms with E-state index in [4.69, 9.17) is 11.6 Å². The van der Waals surface area contributed by atoms with E-state index >= 15 is 0 Å². The first-order chi connectivity index (χ1) is 13.9. The Morgan fingerprint density at radius 3 is 2.48 bits per heavy atom. The molecule has 0 saturated carbocycles. The Balaban J connectivity index is 1.69. The normalized spacial score (nSPS) is 14.4. The molecule has 1 heterocycles. The van der Waals surface area contributed by atoms with Gasteiger partial charge in [0.2, 0.25) is 11.7 Å². The van der Waals surface area contributed by atoms with Crippen molar-refractivity contribution >= 4 is 40.8 Å². The number of nitro benzene ring substituents is 1. The molecule has 0 bridgehead atoms. The van der Waals surface area contributed by atoms with Crippen LogP contribution in [0.4, 0.5) is 17.1 Å². The summed E-state index contributed by atoms with van der Waals surface area (Å²) >= 11 is 5.89. The summed E-state index contributed by atoms with van der Waals surface area (Å²) in [4.78, 5) is 30.4. The van der Waals surface area contributed by atoms with E-state index in [1.54, 1.807) is 0 Å². The standard InChI is InChI=1S/C20H21ClN4O4/c1-2-19(26)24-9-7-23(8-10-24)17-5-3-16(4-6-17)22-13-14-11-15(21)12-18(20(14)27)25(28)29/h3-6,11-13,27H,2,7-10H2,1H3. The number of hydrogen-bond donors (Lipinski definition) is 1. The number of phenols is 1. The summed E-state index contributed by atoms with van der Waals surface area (Å²) in [6.45, 7) is 4.83. The van der Waals surface area contributed by atoms with Gasteiger partial charge in [0.15, 0.2) is 0 Å². The molecule has 2 aromatic rings. The third-order valence-corrected chi connectivity index (χ3v) is 5.00. The average Bonchev–Trinajstić information content (AvgIpc) is 2.73. The number of rotatable bonds is 5. The van der Waals surface area contributed by atoms with E-state index in [1.807, 2.05) is 36.1 Å². The Hall–Kier alpha value is -3.13. The fraction of sp³-hybridized carbons (Fsp3) is 0.300. The van der Waals surface area contributed by atoms with Gasteiger partial charge in [0.25, 0.3) is 0 Å². The van der Waals surface area contributed by atoms with E-state index in [0.717, 1.165) is 24.8 Å². The maximum Gasteiger partial charge on any atom is 0.312 e. The first-order valence-electron chi connectivity index (χ1n) is 9.22. The van der Waals surface area contributed by atoms with Crippen molar-refractivity contribution in [1.29, 1.82) is 0 Å². The number of halogens is 1. The summed E-state index contributed by atoms with van der Waals surface area (Å²) in [6, 6.07) is 10.0. The molecule has 3 rings (SSSR count). The van der Waals surface area contributed by atoms with Crippen molar-refractivity contribution in [1.82, 2.24) is 4.90 Å². The van der Waals surface area contributed by atoms with E-state index in [2.05, 4.69) is 9.89 Å². The van der Waals surface area contributed by atoms with Crippen LogP contribution in [0.5, 0.6) is 5.75 Å². The van der Waals surface area contributed by atoms with Crippen LogP contribution in [0.3, 0.4) is 0 Å². The van der Waals surface area contributed by atoms with E-state index in [0.29, 0.717) is 25.2 Å². The quantitative estimate of drug-likeness (QED) is 0.454. The van der Waals surface area contributed by atoms with Gasteiger partial charge in [-0.25, -0.2) is 0 Å². The number of aliphatic imine (C=N–C) groups is 1. The number of aromatic hydroxyl groups is 1. The molecule has 1 aliphatic heterocycles. The lowest BCUT2D eigenvalue weighted by atomic mass is 10.2. The number of amides is 1. The van der Waals surface area contributed by atoms with Crippen LogP contribution in [-0.4, -0.2) is 53.2 Å². The highest BCUT2D eigenvalue weighted by Gasteiger charge is 2.20. The van der Waals surface area contributed by atoms with Crippen molar-refractivity contribution in [3.8, 4) is 5.75 Å². The minimum absolute atomic E-state index is 0.145. The molecule has 2 aromatic carbocycles. The van der Waals surface area contributed by atoms with Crippen LogP contribution in [0.2, 0.25) is 5.02 Å². The minimum atomic E-state index is -0.693. The largest absolute Gasteiger partial charge is 0.502 e. The number of anilines is 1. The van der Waals surface area contributed by atoms with Gasteiger partial charge in [0.1, 0.15) is 0 Å². The zero-order valence-corrected chi connectivity index (χ0v) is 16.7. The van der Waals surface area contributed by atoms with Gasteiger partial charge in [-0.15, -0.1) is 0 Å². The second kappa shape index (κ2) is 8.91. The molecule has 0 spiro atoms. The number of carbonyl (C=O) groups is 1. The smallest absolute Gasteiger partial charge is 0.312 e. The van der Waals surface area contributed by atoms with Gasteiger partial charge in [-0.05, 0) is 30.3 Å². The molecule has 0 aromatic heterocycles. The van der Waals surface area contributed by atoms with Crippen LogP contribution in [-0.2, 0) is 4.79 Å². The van der Waals surface area contributed by atoms with Gasteiger partial charge < -0.3 is 14.9 Å². The maximum atomic E-state index is 11.8. The molecule has 0 aliphatic carbocycles. The Kier molecular flexibility index (Phi) is 6.33. The fourth-order valence-electron chi connectivity index (χ4n) is 3.17. The van der Waals surface area contributed by atoms with Crippen LogP contribution in [0.15, 0.2) is 41.4 Å². The Morgan fingerprint density at radius 1 is 1.24 bits per heavy atom. The molecule has 9 heteroatoms. The molecular weight excluding hydrogens is 396 g/mol. The third kappa shape index (κ3) is 4.83. The highest BCUT2D eigenvalue weighted by Crippen LogP contribution is 2.32. The second-order valence-electron chi connectivity index (χ2n) is 6.62. The first-order valence-corrected chi connectivity index (χ1v) is 9.60. The zero-order valence-electron chi connectivity index (χ0n) is 15.9. The van der Waals surface area contributed by atoms with E-state index in [9.17, 15) is 20.0 Å². The van der Waals surface area contributed by atoms with Gasteiger partial charge in [-0.2, -0.15) is 0 Å². The molecule has 1 saturated heterocycles. The average molecular weight is 417 g/mol. The number of carbonyl (C=O) groups excluding carboxylic acids is 1. The van der Waals surface area contributed by atoms with Crippen LogP contribution in [0.1, 0.15) is 18.9 Å².